The maximum atomic E-state index is 6.20. The summed E-state index contributed by atoms with van der Waals surface area (Å²) in [4.78, 5) is 3.21. The molecule has 1 aliphatic rings. The third-order valence-corrected chi connectivity index (χ3v) is 3.81. The van der Waals surface area contributed by atoms with Crippen molar-refractivity contribution >= 4 is 34.1 Å². The van der Waals surface area contributed by atoms with Gasteiger partial charge in [0.25, 0.3) is 0 Å². The number of hydrogen-bond acceptors (Lipinski definition) is 1. The molecular weight excluding hydrogens is 231 g/mol. The van der Waals surface area contributed by atoms with Crippen molar-refractivity contribution in [2.45, 2.75) is 18.9 Å². The molecule has 2 aromatic rings. The van der Waals surface area contributed by atoms with Crippen LogP contribution in [0.3, 0.4) is 0 Å². The molecule has 0 saturated heterocycles. The zero-order valence-electron chi connectivity index (χ0n) is 7.98. The first-order valence-electron chi connectivity index (χ1n) is 4.89. The molecule has 0 bridgehead atoms. The molecule has 1 aliphatic carbocycles. The van der Waals surface area contributed by atoms with E-state index in [1.165, 1.54) is 10.9 Å². The Bertz CT molecular complexity index is 545. The average Bonchev–Trinajstić information content (AvgIpc) is 2.57. The van der Waals surface area contributed by atoms with Crippen LogP contribution in [0.1, 0.15) is 11.1 Å². The van der Waals surface area contributed by atoms with E-state index in [9.17, 15) is 0 Å². The van der Waals surface area contributed by atoms with Crippen molar-refractivity contribution < 1.29 is 0 Å². The number of aromatic nitrogens is 1. The standard InChI is InChI=1S/C11H10Cl2N2/c12-8-3-9-10-5(4-15-9)1-6(14)2-7(10)11(8)13/h3-4,6,15H,1-2,14H2. The van der Waals surface area contributed by atoms with Gasteiger partial charge in [0.2, 0.25) is 0 Å². The zero-order valence-corrected chi connectivity index (χ0v) is 9.49. The second-order valence-corrected chi connectivity index (χ2v) is 4.84. The smallest absolute Gasteiger partial charge is 0.0632 e. The largest absolute Gasteiger partial charge is 0.361 e. The van der Waals surface area contributed by atoms with Crippen LogP contribution in [0.2, 0.25) is 10.0 Å². The Balaban J connectivity index is 2.43. The van der Waals surface area contributed by atoms with Crippen LogP contribution in [-0.2, 0) is 12.8 Å². The highest BCUT2D eigenvalue weighted by atomic mass is 35.5. The lowest BCUT2D eigenvalue weighted by Gasteiger charge is -2.20. The summed E-state index contributed by atoms with van der Waals surface area (Å²) in [5.74, 6) is 0. The predicted molar refractivity (Wildman–Crippen MR) is 63.7 cm³/mol. The van der Waals surface area contributed by atoms with Crippen molar-refractivity contribution in [3.8, 4) is 0 Å². The van der Waals surface area contributed by atoms with Gasteiger partial charge in [-0.3, -0.25) is 0 Å². The Morgan fingerprint density at radius 1 is 1.33 bits per heavy atom. The van der Waals surface area contributed by atoms with Crippen LogP contribution in [-0.4, -0.2) is 11.0 Å². The van der Waals surface area contributed by atoms with E-state index in [0.29, 0.717) is 10.0 Å². The Morgan fingerprint density at radius 3 is 2.93 bits per heavy atom. The normalized spacial score (nSPS) is 19.8. The molecule has 2 nitrogen and oxygen atoms in total. The molecule has 78 valence electrons. The van der Waals surface area contributed by atoms with Crippen molar-refractivity contribution in [1.29, 1.82) is 0 Å². The minimum Gasteiger partial charge on any atom is -0.361 e. The molecule has 4 heteroatoms. The minimum atomic E-state index is 0.146. The van der Waals surface area contributed by atoms with Crippen molar-refractivity contribution in [2.75, 3.05) is 0 Å². The van der Waals surface area contributed by atoms with E-state index in [0.717, 1.165) is 23.9 Å². The average molecular weight is 241 g/mol. The summed E-state index contributed by atoms with van der Waals surface area (Å²) in [6.45, 7) is 0. The fraction of sp³-hybridized carbons (Fsp3) is 0.273. The lowest BCUT2D eigenvalue weighted by atomic mass is 9.90. The molecule has 1 aromatic heterocycles. The van der Waals surface area contributed by atoms with Gasteiger partial charge in [0.15, 0.2) is 0 Å². The zero-order chi connectivity index (χ0) is 10.6. The Hall–Kier alpha value is -0.700. The first-order valence-corrected chi connectivity index (χ1v) is 5.65. The molecule has 0 aliphatic heterocycles. The van der Waals surface area contributed by atoms with Crippen LogP contribution in [0.5, 0.6) is 0 Å². The summed E-state index contributed by atoms with van der Waals surface area (Å²) >= 11 is 12.3. The van der Waals surface area contributed by atoms with Crippen molar-refractivity contribution in [3.05, 3.63) is 33.4 Å². The highest BCUT2D eigenvalue weighted by Gasteiger charge is 2.22. The number of nitrogens with one attached hydrogen (secondary N) is 1. The van der Waals surface area contributed by atoms with Crippen LogP contribution in [0.25, 0.3) is 10.9 Å². The van der Waals surface area contributed by atoms with Crippen LogP contribution in [0, 0.1) is 0 Å². The molecular formula is C11H10Cl2N2. The second kappa shape index (κ2) is 3.14. The molecule has 1 heterocycles. The quantitative estimate of drug-likeness (QED) is 0.731. The van der Waals surface area contributed by atoms with Gasteiger partial charge in [-0.05, 0) is 30.0 Å². The van der Waals surface area contributed by atoms with Gasteiger partial charge in [0, 0.05) is 23.1 Å². The third-order valence-electron chi connectivity index (χ3n) is 2.99. The summed E-state index contributed by atoms with van der Waals surface area (Å²) in [7, 11) is 0. The number of halogens is 2. The summed E-state index contributed by atoms with van der Waals surface area (Å²) in [5.41, 5.74) is 9.38. The molecule has 0 spiro atoms. The molecule has 0 saturated carbocycles. The molecule has 15 heavy (non-hydrogen) atoms. The maximum Gasteiger partial charge on any atom is 0.0632 e. The van der Waals surface area contributed by atoms with Gasteiger partial charge < -0.3 is 10.7 Å². The molecule has 1 unspecified atom stereocenters. The Labute approximate surface area is 97.4 Å². The van der Waals surface area contributed by atoms with E-state index < -0.39 is 0 Å². The number of H-pyrrole nitrogens is 1. The Morgan fingerprint density at radius 2 is 2.13 bits per heavy atom. The van der Waals surface area contributed by atoms with Gasteiger partial charge in [-0.15, -0.1) is 0 Å². The second-order valence-electron chi connectivity index (χ2n) is 4.06. The fourth-order valence-electron chi connectivity index (χ4n) is 2.37. The first-order chi connectivity index (χ1) is 7.16. The van der Waals surface area contributed by atoms with Crippen molar-refractivity contribution in [2.24, 2.45) is 5.73 Å². The van der Waals surface area contributed by atoms with Gasteiger partial charge in [0.05, 0.1) is 10.0 Å². The van der Waals surface area contributed by atoms with Crippen molar-refractivity contribution in [1.82, 2.24) is 4.98 Å². The van der Waals surface area contributed by atoms with E-state index in [4.69, 9.17) is 28.9 Å². The predicted octanol–water partition coefficient (Wildman–Crippen LogP) is 2.90. The molecule has 3 rings (SSSR count). The maximum absolute atomic E-state index is 6.20. The topological polar surface area (TPSA) is 41.8 Å². The van der Waals surface area contributed by atoms with E-state index >= 15 is 0 Å². The van der Waals surface area contributed by atoms with Gasteiger partial charge in [-0.1, -0.05) is 23.2 Å². The molecule has 0 radical (unpaired) electrons. The number of hydrogen-bond donors (Lipinski definition) is 2. The number of benzene rings is 1. The van der Waals surface area contributed by atoms with E-state index in [2.05, 4.69) is 4.98 Å². The van der Waals surface area contributed by atoms with Gasteiger partial charge in [-0.25, -0.2) is 0 Å². The Kier molecular flexibility index (Phi) is 2.00. The highest BCUT2D eigenvalue weighted by Crippen LogP contribution is 2.38. The van der Waals surface area contributed by atoms with Crippen LogP contribution >= 0.6 is 23.2 Å². The van der Waals surface area contributed by atoms with Crippen LogP contribution in [0.15, 0.2) is 12.3 Å². The molecule has 3 N–H and O–H groups in total. The highest BCUT2D eigenvalue weighted by molar-refractivity contribution is 6.43. The number of rotatable bonds is 0. The van der Waals surface area contributed by atoms with E-state index in [-0.39, 0.29) is 6.04 Å². The number of nitrogens with two attached hydrogens (primary N) is 1. The lowest BCUT2D eigenvalue weighted by molar-refractivity contribution is 0.657. The molecule has 1 aromatic carbocycles. The lowest BCUT2D eigenvalue weighted by Crippen LogP contribution is -2.28. The minimum absolute atomic E-state index is 0.146. The monoisotopic (exact) mass is 240 g/mol. The molecule has 0 amide bonds. The van der Waals surface area contributed by atoms with E-state index in [1.807, 2.05) is 12.3 Å². The SMILES string of the molecule is NC1Cc2c[nH]c3cc(Cl)c(Cl)c(c23)C1. The fourth-order valence-corrected chi connectivity index (χ4v) is 2.82. The van der Waals surface area contributed by atoms with Gasteiger partial charge in [-0.2, -0.15) is 0 Å². The van der Waals surface area contributed by atoms with Crippen molar-refractivity contribution in [3.63, 3.8) is 0 Å². The summed E-state index contributed by atoms with van der Waals surface area (Å²) in [6.07, 6.45) is 3.71. The molecule has 0 fully saturated rings. The third kappa shape index (κ3) is 1.29. The first kappa shape index (κ1) is 9.52. The van der Waals surface area contributed by atoms with E-state index in [1.54, 1.807) is 0 Å². The van der Waals surface area contributed by atoms with Crippen LogP contribution in [0.4, 0.5) is 0 Å². The van der Waals surface area contributed by atoms with Crippen LogP contribution < -0.4 is 5.73 Å². The summed E-state index contributed by atoms with van der Waals surface area (Å²) in [5, 5.41) is 2.47. The summed E-state index contributed by atoms with van der Waals surface area (Å²) < 4.78 is 0. The molecule has 1 atom stereocenters. The van der Waals surface area contributed by atoms with Gasteiger partial charge in [0.1, 0.15) is 0 Å². The number of aromatic amines is 1. The summed E-state index contributed by atoms with van der Waals surface area (Å²) in [6, 6.07) is 2.02. The van der Waals surface area contributed by atoms with Gasteiger partial charge >= 0.3 is 0 Å².